The maximum absolute atomic E-state index is 11.6. The van der Waals surface area contributed by atoms with Crippen molar-refractivity contribution in [3.63, 3.8) is 0 Å². The third-order valence-corrected chi connectivity index (χ3v) is 3.73. The fourth-order valence-electron chi connectivity index (χ4n) is 2.07. The van der Waals surface area contributed by atoms with E-state index in [0.717, 1.165) is 35.2 Å². The SMILES string of the molecule is C[C@H](N)c1ccc(N2CCCNC(=O)C2)c(Br)c1. The third kappa shape index (κ3) is 3.03. The van der Waals surface area contributed by atoms with Gasteiger partial charge in [0, 0.05) is 23.6 Å². The lowest BCUT2D eigenvalue weighted by Gasteiger charge is -2.23. The van der Waals surface area contributed by atoms with Gasteiger partial charge in [0.1, 0.15) is 0 Å². The van der Waals surface area contributed by atoms with Crippen LogP contribution in [0.4, 0.5) is 5.69 Å². The smallest absolute Gasteiger partial charge is 0.239 e. The molecule has 0 spiro atoms. The van der Waals surface area contributed by atoms with Crippen molar-refractivity contribution >= 4 is 27.5 Å². The van der Waals surface area contributed by atoms with Crippen LogP contribution in [-0.2, 0) is 4.79 Å². The molecule has 0 bridgehead atoms. The van der Waals surface area contributed by atoms with Crippen LogP contribution in [0.1, 0.15) is 24.9 Å². The second-order valence-corrected chi connectivity index (χ2v) is 5.48. The zero-order chi connectivity index (χ0) is 13.1. The van der Waals surface area contributed by atoms with Crippen molar-refractivity contribution in [2.24, 2.45) is 5.73 Å². The van der Waals surface area contributed by atoms with Gasteiger partial charge < -0.3 is 16.0 Å². The molecule has 0 saturated carbocycles. The van der Waals surface area contributed by atoms with Crippen molar-refractivity contribution in [2.75, 3.05) is 24.5 Å². The minimum Gasteiger partial charge on any atom is -0.361 e. The Morgan fingerprint density at radius 2 is 2.28 bits per heavy atom. The summed E-state index contributed by atoms with van der Waals surface area (Å²) in [6.07, 6.45) is 0.965. The van der Waals surface area contributed by atoms with E-state index in [4.69, 9.17) is 5.73 Å². The summed E-state index contributed by atoms with van der Waals surface area (Å²) >= 11 is 3.57. The number of nitrogens with two attached hydrogens (primary N) is 1. The van der Waals surface area contributed by atoms with Crippen LogP contribution in [0.25, 0.3) is 0 Å². The van der Waals surface area contributed by atoms with Crippen LogP contribution in [-0.4, -0.2) is 25.5 Å². The van der Waals surface area contributed by atoms with E-state index in [1.165, 1.54) is 0 Å². The van der Waals surface area contributed by atoms with Crippen molar-refractivity contribution < 1.29 is 4.79 Å². The van der Waals surface area contributed by atoms with Crippen molar-refractivity contribution in [3.05, 3.63) is 28.2 Å². The van der Waals surface area contributed by atoms with Crippen LogP contribution in [0.3, 0.4) is 0 Å². The van der Waals surface area contributed by atoms with Crippen molar-refractivity contribution in [1.29, 1.82) is 0 Å². The lowest BCUT2D eigenvalue weighted by molar-refractivity contribution is -0.119. The van der Waals surface area contributed by atoms with Gasteiger partial charge in [0.05, 0.1) is 12.2 Å². The highest BCUT2D eigenvalue weighted by atomic mass is 79.9. The van der Waals surface area contributed by atoms with Crippen molar-refractivity contribution in [2.45, 2.75) is 19.4 Å². The molecule has 2 rings (SSSR count). The lowest BCUT2D eigenvalue weighted by Crippen LogP contribution is -2.33. The van der Waals surface area contributed by atoms with E-state index in [1.54, 1.807) is 0 Å². The largest absolute Gasteiger partial charge is 0.361 e. The maximum atomic E-state index is 11.6. The number of anilines is 1. The summed E-state index contributed by atoms with van der Waals surface area (Å²) in [6.45, 7) is 4.01. The molecular weight excluding hydrogens is 294 g/mol. The van der Waals surface area contributed by atoms with Gasteiger partial charge in [-0.2, -0.15) is 0 Å². The molecule has 0 radical (unpaired) electrons. The van der Waals surface area contributed by atoms with Gasteiger partial charge in [0.2, 0.25) is 5.91 Å². The summed E-state index contributed by atoms with van der Waals surface area (Å²) in [6, 6.07) is 6.10. The first-order chi connectivity index (χ1) is 8.58. The molecule has 1 amide bonds. The monoisotopic (exact) mass is 311 g/mol. The predicted octanol–water partition coefficient (Wildman–Crippen LogP) is 1.80. The molecule has 0 aliphatic carbocycles. The molecule has 1 aromatic carbocycles. The first-order valence-electron chi connectivity index (χ1n) is 6.14. The fraction of sp³-hybridized carbons (Fsp3) is 0.462. The van der Waals surface area contributed by atoms with E-state index in [-0.39, 0.29) is 11.9 Å². The quantitative estimate of drug-likeness (QED) is 0.875. The molecule has 1 saturated heterocycles. The highest BCUT2D eigenvalue weighted by Crippen LogP contribution is 2.29. The molecule has 3 N–H and O–H groups in total. The standard InChI is InChI=1S/C13H18BrN3O/c1-9(15)10-3-4-12(11(14)7-10)17-6-2-5-16-13(18)8-17/h3-4,7,9H,2,5-6,8,15H2,1H3,(H,16,18)/t9-/m0/s1. The Hall–Kier alpha value is -1.07. The number of halogens is 1. The Morgan fingerprint density at radius 1 is 1.50 bits per heavy atom. The van der Waals surface area contributed by atoms with Crippen molar-refractivity contribution in [1.82, 2.24) is 5.32 Å². The van der Waals surface area contributed by atoms with Crippen LogP contribution < -0.4 is 16.0 Å². The highest BCUT2D eigenvalue weighted by molar-refractivity contribution is 9.10. The molecule has 1 aliphatic heterocycles. The summed E-state index contributed by atoms with van der Waals surface area (Å²) in [5.41, 5.74) is 8.00. The maximum Gasteiger partial charge on any atom is 0.239 e. The molecule has 98 valence electrons. The second-order valence-electron chi connectivity index (χ2n) is 4.62. The number of hydrogen-bond acceptors (Lipinski definition) is 3. The first-order valence-corrected chi connectivity index (χ1v) is 6.94. The third-order valence-electron chi connectivity index (χ3n) is 3.10. The summed E-state index contributed by atoms with van der Waals surface area (Å²) in [5, 5.41) is 2.88. The number of nitrogens with zero attached hydrogens (tertiary/aromatic N) is 1. The zero-order valence-corrected chi connectivity index (χ0v) is 12.0. The first kappa shape index (κ1) is 13.4. The molecule has 1 heterocycles. The summed E-state index contributed by atoms with van der Waals surface area (Å²) in [5.74, 6) is 0.0793. The van der Waals surface area contributed by atoms with Gasteiger partial charge >= 0.3 is 0 Å². The highest BCUT2D eigenvalue weighted by Gasteiger charge is 2.17. The van der Waals surface area contributed by atoms with Crippen LogP contribution in [0.5, 0.6) is 0 Å². The van der Waals surface area contributed by atoms with Crippen LogP contribution in [0, 0.1) is 0 Å². The zero-order valence-electron chi connectivity index (χ0n) is 10.4. The average Bonchev–Trinajstić information content (AvgIpc) is 2.53. The Balaban J connectivity index is 2.24. The van der Waals surface area contributed by atoms with Crippen LogP contribution >= 0.6 is 15.9 Å². The number of rotatable bonds is 2. The fourth-order valence-corrected chi connectivity index (χ4v) is 2.72. The molecule has 1 aromatic rings. The number of benzene rings is 1. The normalized spacial score (nSPS) is 18.2. The molecule has 5 heteroatoms. The van der Waals surface area contributed by atoms with E-state index < -0.39 is 0 Å². The van der Waals surface area contributed by atoms with Crippen LogP contribution in [0.15, 0.2) is 22.7 Å². The van der Waals surface area contributed by atoms with Crippen LogP contribution in [0.2, 0.25) is 0 Å². The van der Waals surface area contributed by atoms with Gasteiger partial charge in [0.25, 0.3) is 0 Å². The molecule has 0 aromatic heterocycles. The van der Waals surface area contributed by atoms with E-state index in [0.29, 0.717) is 6.54 Å². The summed E-state index contributed by atoms with van der Waals surface area (Å²) in [4.78, 5) is 13.7. The van der Waals surface area contributed by atoms with Crippen molar-refractivity contribution in [3.8, 4) is 0 Å². The Bertz CT molecular complexity index is 448. The summed E-state index contributed by atoms with van der Waals surface area (Å²) < 4.78 is 0.993. The van der Waals surface area contributed by atoms with E-state index in [1.807, 2.05) is 25.1 Å². The molecule has 1 aliphatic rings. The predicted molar refractivity (Wildman–Crippen MR) is 76.6 cm³/mol. The molecule has 0 unspecified atom stereocenters. The van der Waals surface area contributed by atoms with Gasteiger partial charge in [0.15, 0.2) is 0 Å². The van der Waals surface area contributed by atoms with E-state index in [9.17, 15) is 4.79 Å². The van der Waals surface area contributed by atoms with Gasteiger partial charge in [-0.25, -0.2) is 0 Å². The van der Waals surface area contributed by atoms with Gasteiger partial charge in [-0.3, -0.25) is 4.79 Å². The average molecular weight is 312 g/mol. The summed E-state index contributed by atoms with van der Waals surface area (Å²) in [7, 11) is 0. The Kier molecular flexibility index (Phi) is 4.24. The van der Waals surface area contributed by atoms with E-state index >= 15 is 0 Å². The topological polar surface area (TPSA) is 58.4 Å². The van der Waals surface area contributed by atoms with Gasteiger partial charge in [-0.1, -0.05) is 6.07 Å². The lowest BCUT2D eigenvalue weighted by atomic mass is 10.1. The molecule has 1 atom stereocenters. The second kappa shape index (κ2) is 5.71. The minimum atomic E-state index is 0.0165. The molecule has 1 fully saturated rings. The molecule has 4 nitrogen and oxygen atoms in total. The number of carbonyl (C=O) groups is 1. The Morgan fingerprint density at radius 3 is 2.94 bits per heavy atom. The molecule has 18 heavy (non-hydrogen) atoms. The number of nitrogens with one attached hydrogen (secondary N) is 1. The number of amides is 1. The van der Waals surface area contributed by atoms with E-state index in [2.05, 4.69) is 26.1 Å². The number of carbonyl (C=O) groups excluding carboxylic acids is 1. The Labute approximate surface area is 116 Å². The van der Waals surface area contributed by atoms with Gasteiger partial charge in [-0.05, 0) is 47.0 Å². The minimum absolute atomic E-state index is 0.0165. The van der Waals surface area contributed by atoms with Gasteiger partial charge in [-0.15, -0.1) is 0 Å². The molecular formula is C13H18BrN3O. The number of hydrogen-bond donors (Lipinski definition) is 2.